The number of benzene rings is 2. The average Bonchev–Trinajstić information content (AvgIpc) is 3.36. The Bertz CT molecular complexity index is 1290. The normalized spacial score (nSPS) is 17.4. The molecule has 1 atom stereocenters. The van der Waals surface area contributed by atoms with Crippen LogP contribution in [0, 0.1) is 12.7 Å². The number of fused-ring (bicyclic) bond motifs is 1. The van der Waals surface area contributed by atoms with Crippen LogP contribution < -0.4 is 16.4 Å². The number of aromatic nitrogens is 4. The number of hydrogen-bond donors (Lipinski definition) is 4. The van der Waals surface area contributed by atoms with E-state index in [-0.39, 0.29) is 5.82 Å². The standard InChI is InChI=1S/C22H20ClFN8/c1-13-10-19(31-30-13)27-20-18-12-26-32(17-8-6-16(24)7-9-17)21(18)29-22(25,28-20)11-14-2-4-15(23)5-3-14/h2-10,12,29H,11,25H2,1H3,(H2,27,28,30,31). The van der Waals surface area contributed by atoms with Crippen molar-refractivity contribution in [3.05, 3.63) is 88.5 Å². The number of aryl methyl sites for hydroxylation is 1. The molecule has 10 heteroatoms. The Labute approximate surface area is 188 Å². The molecule has 0 saturated carbocycles. The fraction of sp³-hybridized carbons (Fsp3) is 0.136. The van der Waals surface area contributed by atoms with Crippen LogP contribution in [-0.2, 0) is 6.42 Å². The summed E-state index contributed by atoms with van der Waals surface area (Å²) >= 11 is 6.02. The van der Waals surface area contributed by atoms with Crippen molar-refractivity contribution in [1.82, 2.24) is 20.0 Å². The molecule has 0 spiro atoms. The zero-order valence-corrected chi connectivity index (χ0v) is 17.9. The molecule has 4 aromatic rings. The van der Waals surface area contributed by atoms with Gasteiger partial charge in [0.25, 0.3) is 0 Å². The third kappa shape index (κ3) is 3.95. The summed E-state index contributed by atoms with van der Waals surface area (Å²) in [5, 5.41) is 18.8. The summed E-state index contributed by atoms with van der Waals surface area (Å²) in [6, 6.07) is 15.4. The Kier molecular flexibility index (Phi) is 4.91. The van der Waals surface area contributed by atoms with Gasteiger partial charge in [-0.05, 0) is 48.9 Å². The van der Waals surface area contributed by atoms with Gasteiger partial charge in [0.1, 0.15) is 17.5 Å². The maximum absolute atomic E-state index is 13.5. The Morgan fingerprint density at radius 3 is 2.59 bits per heavy atom. The van der Waals surface area contributed by atoms with Gasteiger partial charge >= 0.3 is 0 Å². The zero-order chi connectivity index (χ0) is 22.3. The summed E-state index contributed by atoms with van der Waals surface area (Å²) in [6.07, 6.45) is 2.07. The van der Waals surface area contributed by atoms with Gasteiger partial charge < -0.3 is 10.6 Å². The number of hydrogen-bond acceptors (Lipinski definition) is 6. The minimum absolute atomic E-state index is 0.323. The summed E-state index contributed by atoms with van der Waals surface area (Å²) in [5.74, 6) is 0.272. The van der Waals surface area contributed by atoms with Crippen molar-refractivity contribution in [2.24, 2.45) is 10.7 Å². The highest BCUT2D eigenvalue weighted by molar-refractivity contribution is 6.30. The molecule has 0 fully saturated rings. The van der Waals surface area contributed by atoms with E-state index in [2.05, 4.69) is 25.9 Å². The largest absolute Gasteiger partial charge is 0.333 e. The monoisotopic (exact) mass is 450 g/mol. The first-order chi connectivity index (χ1) is 15.4. The van der Waals surface area contributed by atoms with E-state index in [0.717, 1.165) is 11.3 Å². The van der Waals surface area contributed by atoms with Crippen molar-refractivity contribution in [3.63, 3.8) is 0 Å². The molecule has 2 aromatic heterocycles. The number of H-pyrrole nitrogens is 1. The quantitative estimate of drug-likeness (QED) is 0.378. The third-order valence-corrected chi connectivity index (χ3v) is 5.33. The van der Waals surface area contributed by atoms with Gasteiger partial charge in [0, 0.05) is 23.2 Å². The number of nitrogens with one attached hydrogen (secondary N) is 3. The number of nitrogens with two attached hydrogens (primary N) is 1. The van der Waals surface area contributed by atoms with Gasteiger partial charge in [0.2, 0.25) is 0 Å². The topological polar surface area (TPSA) is 109 Å². The molecule has 0 bridgehead atoms. The Balaban J connectivity index is 1.57. The molecular formula is C22H20ClFN8. The number of aliphatic imine (C=N–C) groups is 1. The molecule has 1 aliphatic heterocycles. The molecule has 0 radical (unpaired) electrons. The summed E-state index contributed by atoms with van der Waals surface area (Å²) in [5.41, 5.74) is 9.99. The van der Waals surface area contributed by atoms with Crippen LogP contribution in [0.5, 0.6) is 0 Å². The lowest BCUT2D eigenvalue weighted by atomic mass is 10.1. The molecule has 5 rings (SSSR count). The SMILES string of the molecule is Cc1cc(NC2=NC(N)(Cc3ccc(Cl)cc3)Nc3c2cnn3-c2ccc(F)cc2)n[nH]1. The number of rotatable bonds is 4. The minimum atomic E-state index is -1.17. The van der Waals surface area contributed by atoms with Crippen LogP contribution in [0.1, 0.15) is 16.8 Å². The summed E-state index contributed by atoms with van der Waals surface area (Å²) in [6.45, 7) is 1.91. The highest BCUT2D eigenvalue weighted by atomic mass is 35.5. The van der Waals surface area contributed by atoms with E-state index in [1.54, 1.807) is 23.0 Å². The summed E-state index contributed by atoms with van der Waals surface area (Å²) in [7, 11) is 0. The summed E-state index contributed by atoms with van der Waals surface area (Å²) < 4.78 is 15.1. The molecule has 5 N–H and O–H groups in total. The van der Waals surface area contributed by atoms with Crippen molar-refractivity contribution in [1.29, 1.82) is 0 Å². The third-order valence-electron chi connectivity index (χ3n) is 5.08. The predicted octanol–water partition coefficient (Wildman–Crippen LogP) is 3.84. The van der Waals surface area contributed by atoms with E-state index in [0.29, 0.717) is 40.2 Å². The second kappa shape index (κ2) is 7.77. The average molecular weight is 451 g/mol. The molecule has 8 nitrogen and oxygen atoms in total. The highest BCUT2D eigenvalue weighted by Gasteiger charge is 2.34. The first kappa shape index (κ1) is 20.2. The number of halogens is 2. The molecule has 2 aromatic carbocycles. The van der Waals surface area contributed by atoms with Gasteiger partial charge in [-0.25, -0.2) is 14.1 Å². The van der Waals surface area contributed by atoms with E-state index in [1.807, 2.05) is 37.3 Å². The highest BCUT2D eigenvalue weighted by Crippen LogP contribution is 2.30. The second-order valence-corrected chi connectivity index (χ2v) is 8.11. The van der Waals surface area contributed by atoms with E-state index in [1.165, 1.54) is 12.1 Å². The van der Waals surface area contributed by atoms with Crippen molar-refractivity contribution in [2.75, 3.05) is 10.6 Å². The lowest BCUT2D eigenvalue weighted by Gasteiger charge is -2.33. The molecule has 162 valence electrons. The van der Waals surface area contributed by atoms with Crippen LogP contribution >= 0.6 is 11.6 Å². The van der Waals surface area contributed by atoms with Crippen LogP contribution in [0.15, 0.2) is 65.8 Å². The molecule has 0 saturated heterocycles. The van der Waals surface area contributed by atoms with Gasteiger partial charge in [-0.3, -0.25) is 10.8 Å². The van der Waals surface area contributed by atoms with Crippen molar-refractivity contribution >= 4 is 29.1 Å². The van der Waals surface area contributed by atoms with E-state index in [9.17, 15) is 4.39 Å². The molecular weight excluding hydrogens is 431 g/mol. The van der Waals surface area contributed by atoms with Crippen molar-refractivity contribution in [3.8, 4) is 5.69 Å². The molecule has 32 heavy (non-hydrogen) atoms. The fourth-order valence-electron chi connectivity index (χ4n) is 3.61. The molecule has 0 amide bonds. The number of aromatic amines is 1. The fourth-order valence-corrected chi connectivity index (χ4v) is 3.73. The van der Waals surface area contributed by atoms with Gasteiger partial charge in [-0.1, -0.05) is 23.7 Å². The Hall–Kier alpha value is -3.69. The van der Waals surface area contributed by atoms with Crippen molar-refractivity contribution < 1.29 is 4.39 Å². The second-order valence-electron chi connectivity index (χ2n) is 7.67. The predicted molar refractivity (Wildman–Crippen MR) is 123 cm³/mol. The minimum Gasteiger partial charge on any atom is -0.333 e. The lowest BCUT2D eigenvalue weighted by molar-refractivity contribution is 0.499. The zero-order valence-electron chi connectivity index (χ0n) is 17.1. The van der Waals surface area contributed by atoms with Crippen LogP contribution in [0.3, 0.4) is 0 Å². The molecule has 3 heterocycles. The van der Waals surface area contributed by atoms with E-state index >= 15 is 0 Å². The maximum Gasteiger partial charge on any atom is 0.189 e. The van der Waals surface area contributed by atoms with Crippen LogP contribution in [0.2, 0.25) is 5.02 Å². The van der Waals surface area contributed by atoms with Crippen LogP contribution in [-0.4, -0.2) is 31.6 Å². The van der Waals surface area contributed by atoms with Gasteiger partial charge in [0.15, 0.2) is 11.6 Å². The van der Waals surface area contributed by atoms with Crippen LogP contribution in [0.4, 0.5) is 16.0 Å². The Morgan fingerprint density at radius 1 is 1.16 bits per heavy atom. The first-order valence-corrected chi connectivity index (χ1v) is 10.3. The lowest BCUT2D eigenvalue weighted by Crippen LogP contribution is -2.52. The maximum atomic E-state index is 13.5. The first-order valence-electron chi connectivity index (χ1n) is 9.93. The van der Waals surface area contributed by atoms with Crippen molar-refractivity contribution in [2.45, 2.75) is 19.1 Å². The molecule has 1 aliphatic rings. The summed E-state index contributed by atoms with van der Waals surface area (Å²) in [4.78, 5) is 4.77. The molecule has 1 unspecified atom stereocenters. The number of nitrogens with zero attached hydrogens (tertiary/aromatic N) is 4. The number of anilines is 2. The van der Waals surface area contributed by atoms with E-state index < -0.39 is 5.79 Å². The van der Waals surface area contributed by atoms with Gasteiger partial charge in [0.05, 0.1) is 17.4 Å². The van der Waals surface area contributed by atoms with E-state index in [4.69, 9.17) is 22.3 Å². The molecule has 0 aliphatic carbocycles. The smallest absolute Gasteiger partial charge is 0.189 e. The number of amidine groups is 1. The van der Waals surface area contributed by atoms with Crippen LogP contribution in [0.25, 0.3) is 5.69 Å². The van der Waals surface area contributed by atoms with Gasteiger partial charge in [-0.15, -0.1) is 0 Å². The van der Waals surface area contributed by atoms with Gasteiger partial charge in [-0.2, -0.15) is 10.2 Å². The Morgan fingerprint density at radius 2 is 1.91 bits per heavy atom.